The number of carbonyl (C=O) groups excluding carboxylic acids is 4. The van der Waals surface area contributed by atoms with Crippen LogP contribution >= 0.6 is 0 Å². The molecule has 2 aromatic carbocycles. The number of hydrogen-bond acceptors (Lipinski definition) is 9. The maximum absolute atomic E-state index is 13.7. The number of hydrogen-bond donors (Lipinski definition) is 0. The van der Waals surface area contributed by atoms with Crippen molar-refractivity contribution in [2.75, 3.05) is 0 Å². The molecule has 0 saturated carbocycles. The molecule has 210 valence electrons. The summed E-state index contributed by atoms with van der Waals surface area (Å²) in [7, 11) is 0. The van der Waals surface area contributed by atoms with Gasteiger partial charge in [-0.25, -0.2) is 0 Å². The highest BCUT2D eigenvalue weighted by Gasteiger charge is 2.40. The second kappa shape index (κ2) is 11.0. The molecule has 2 aromatic rings. The summed E-state index contributed by atoms with van der Waals surface area (Å²) >= 11 is 0. The summed E-state index contributed by atoms with van der Waals surface area (Å²) in [6.07, 6.45) is 2.21. The van der Waals surface area contributed by atoms with Crippen LogP contribution in [0.4, 0.5) is 0 Å². The fraction of sp³-hybridized carbons (Fsp3) is 0.355. The lowest BCUT2D eigenvalue weighted by Gasteiger charge is -2.35. The number of rotatable bonds is 7. The number of ether oxygens (including phenoxy) is 5. The average Bonchev–Trinajstić information content (AvgIpc) is 2.84. The maximum Gasteiger partial charge on any atom is 0.308 e. The van der Waals surface area contributed by atoms with Crippen LogP contribution in [0.5, 0.6) is 23.0 Å². The molecular formula is C31H32O9. The Bertz CT molecular complexity index is 1430. The highest BCUT2D eigenvalue weighted by atomic mass is 16.6. The molecule has 2 aliphatic heterocycles. The van der Waals surface area contributed by atoms with Crippen LogP contribution in [0.15, 0.2) is 42.5 Å². The van der Waals surface area contributed by atoms with Crippen LogP contribution in [0, 0.1) is 0 Å². The first kappa shape index (κ1) is 28.6. The number of carbonyl (C=O) groups is 4. The van der Waals surface area contributed by atoms with Crippen molar-refractivity contribution < 1.29 is 42.9 Å². The molecule has 0 amide bonds. The van der Waals surface area contributed by atoms with Crippen molar-refractivity contribution in [3.8, 4) is 23.0 Å². The van der Waals surface area contributed by atoms with E-state index >= 15 is 0 Å². The van der Waals surface area contributed by atoms with Crippen LogP contribution in [-0.2, 0) is 25.5 Å². The van der Waals surface area contributed by atoms with Gasteiger partial charge in [-0.05, 0) is 56.2 Å². The van der Waals surface area contributed by atoms with E-state index in [2.05, 4.69) is 6.58 Å². The van der Waals surface area contributed by atoms with Gasteiger partial charge in [0, 0.05) is 32.8 Å². The molecule has 9 heteroatoms. The second-order valence-electron chi connectivity index (χ2n) is 10.4. The van der Waals surface area contributed by atoms with Crippen molar-refractivity contribution >= 4 is 29.8 Å². The zero-order valence-corrected chi connectivity index (χ0v) is 23.4. The molecule has 2 atom stereocenters. The molecule has 0 fully saturated rings. The molecule has 0 N–H and O–H groups in total. The van der Waals surface area contributed by atoms with Crippen LogP contribution < -0.4 is 18.9 Å². The summed E-state index contributed by atoms with van der Waals surface area (Å²) in [6, 6.07) is 6.66. The minimum absolute atomic E-state index is 0.0314. The summed E-state index contributed by atoms with van der Waals surface area (Å²) in [5.74, 6) is -0.880. The van der Waals surface area contributed by atoms with Gasteiger partial charge in [-0.1, -0.05) is 18.7 Å². The van der Waals surface area contributed by atoms with Crippen LogP contribution in [0.25, 0.3) is 6.08 Å². The fourth-order valence-corrected chi connectivity index (χ4v) is 4.68. The van der Waals surface area contributed by atoms with E-state index in [1.54, 1.807) is 37.3 Å². The van der Waals surface area contributed by atoms with E-state index in [9.17, 15) is 19.2 Å². The van der Waals surface area contributed by atoms with Crippen molar-refractivity contribution in [2.24, 2.45) is 0 Å². The van der Waals surface area contributed by atoms with Gasteiger partial charge < -0.3 is 23.7 Å². The largest absolute Gasteiger partial charge is 0.484 e. The number of Topliss-reactive ketones (excluding diaryl/α,β-unsaturated/α-hetero) is 1. The summed E-state index contributed by atoms with van der Waals surface area (Å²) in [5.41, 5.74) is 1.56. The minimum atomic E-state index is -0.731. The fourth-order valence-electron chi connectivity index (χ4n) is 4.68. The first-order chi connectivity index (χ1) is 18.8. The molecule has 0 bridgehead atoms. The van der Waals surface area contributed by atoms with Crippen molar-refractivity contribution in [3.05, 3.63) is 64.7 Å². The first-order valence-corrected chi connectivity index (χ1v) is 12.9. The van der Waals surface area contributed by atoms with Gasteiger partial charge in [0.1, 0.15) is 40.6 Å². The molecule has 0 radical (unpaired) electrons. The van der Waals surface area contributed by atoms with Crippen LogP contribution in [0.3, 0.4) is 0 Å². The van der Waals surface area contributed by atoms with E-state index in [0.717, 1.165) is 0 Å². The van der Waals surface area contributed by atoms with Gasteiger partial charge in [0.15, 0.2) is 11.5 Å². The Morgan fingerprint density at radius 3 is 2.23 bits per heavy atom. The number of fused-ring (bicyclic) bond motifs is 2. The topological polar surface area (TPSA) is 114 Å². The number of ketones is 1. The minimum Gasteiger partial charge on any atom is -0.484 e. The van der Waals surface area contributed by atoms with Gasteiger partial charge in [-0.2, -0.15) is 0 Å². The van der Waals surface area contributed by atoms with Gasteiger partial charge in [-0.3, -0.25) is 19.2 Å². The van der Waals surface area contributed by atoms with Crippen LogP contribution in [0.1, 0.15) is 81.1 Å². The zero-order chi connectivity index (χ0) is 29.4. The van der Waals surface area contributed by atoms with Gasteiger partial charge in [-0.15, -0.1) is 0 Å². The monoisotopic (exact) mass is 548 g/mol. The standard InChI is InChI=1S/C31H32O9/c1-16(2)25(37-18(4)33)14-23-28-22(12-13-31(6,7)40-28)29(38-19(5)34)27-24(35)15-26(39-30(23)27)20-8-10-21(11-9-20)36-17(3)32/h8-13,25-26H,1,14-15H2,2-7H3/t25?,26-/m0/s1. The predicted octanol–water partition coefficient (Wildman–Crippen LogP) is 5.48. The Morgan fingerprint density at radius 2 is 1.65 bits per heavy atom. The van der Waals surface area contributed by atoms with Crippen LogP contribution in [0.2, 0.25) is 0 Å². The normalized spacial score (nSPS) is 17.4. The van der Waals surface area contributed by atoms with E-state index in [-0.39, 0.29) is 35.7 Å². The van der Waals surface area contributed by atoms with Gasteiger partial charge in [0.05, 0.1) is 12.0 Å². The molecular weight excluding hydrogens is 516 g/mol. The van der Waals surface area contributed by atoms with Crippen molar-refractivity contribution in [1.29, 1.82) is 0 Å². The second-order valence-corrected chi connectivity index (χ2v) is 10.4. The Labute approximate surface area is 232 Å². The molecule has 4 rings (SSSR count). The third-order valence-electron chi connectivity index (χ3n) is 6.42. The van der Waals surface area contributed by atoms with Crippen molar-refractivity contribution in [3.63, 3.8) is 0 Å². The summed E-state index contributed by atoms with van der Waals surface area (Å²) < 4.78 is 29.1. The lowest BCUT2D eigenvalue weighted by Crippen LogP contribution is -2.31. The van der Waals surface area contributed by atoms with Gasteiger partial charge in [0.25, 0.3) is 0 Å². The molecule has 0 aromatic heterocycles. The molecule has 2 heterocycles. The van der Waals surface area contributed by atoms with E-state index in [1.807, 2.05) is 19.9 Å². The first-order valence-electron chi connectivity index (χ1n) is 12.9. The van der Waals surface area contributed by atoms with E-state index in [0.29, 0.717) is 33.8 Å². The molecule has 0 saturated heterocycles. The molecule has 0 aliphatic carbocycles. The van der Waals surface area contributed by atoms with Gasteiger partial charge in [0.2, 0.25) is 0 Å². The highest BCUT2D eigenvalue weighted by Crippen LogP contribution is 2.52. The smallest absolute Gasteiger partial charge is 0.308 e. The lowest BCUT2D eigenvalue weighted by atomic mass is 9.87. The maximum atomic E-state index is 13.7. The predicted molar refractivity (Wildman–Crippen MR) is 146 cm³/mol. The Hall–Kier alpha value is -4.40. The molecule has 1 unspecified atom stereocenters. The Morgan fingerprint density at radius 1 is 1.00 bits per heavy atom. The SMILES string of the molecule is C=C(C)C(Cc1c2c(c(OC(C)=O)c3c1O[C@H](c1ccc(OC(C)=O)cc1)CC3=O)C=CC(C)(C)O2)OC(C)=O. The van der Waals surface area contributed by atoms with Gasteiger partial charge >= 0.3 is 17.9 Å². The molecule has 40 heavy (non-hydrogen) atoms. The molecule has 9 nitrogen and oxygen atoms in total. The summed E-state index contributed by atoms with van der Waals surface area (Å²) in [6.45, 7) is 13.3. The Balaban J connectivity index is 1.91. The van der Waals surface area contributed by atoms with E-state index in [1.165, 1.54) is 20.8 Å². The summed E-state index contributed by atoms with van der Waals surface area (Å²) in [4.78, 5) is 49.1. The number of benzene rings is 2. The summed E-state index contributed by atoms with van der Waals surface area (Å²) in [5, 5.41) is 0. The third kappa shape index (κ3) is 6.09. The average molecular weight is 549 g/mol. The van der Waals surface area contributed by atoms with Crippen molar-refractivity contribution in [1.82, 2.24) is 0 Å². The van der Waals surface area contributed by atoms with Crippen LogP contribution in [-0.4, -0.2) is 35.4 Å². The molecule has 0 spiro atoms. The van der Waals surface area contributed by atoms with E-state index < -0.39 is 35.7 Å². The quantitative estimate of drug-likeness (QED) is 0.252. The zero-order valence-electron chi connectivity index (χ0n) is 23.4. The number of esters is 3. The van der Waals surface area contributed by atoms with Crippen molar-refractivity contribution in [2.45, 2.75) is 72.2 Å². The van der Waals surface area contributed by atoms with E-state index in [4.69, 9.17) is 23.7 Å². The Kier molecular flexibility index (Phi) is 7.86. The molecule has 2 aliphatic rings. The highest BCUT2D eigenvalue weighted by molar-refractivity contribution is 6.05. The lowest BCUT2D eigenvalue weighted by molar-refractivity contribution is -0.144. The third-order valence-corrected chi connectivity index (χ3v) is 6.42.